The summed E-state index contributed by atoms with van der Waals surface area (Å²) in [6.45, 7) is 5.13. The Hall–Kier alpha value is -7.68. The number of imide groups is 2. The van der Waals surface area contributed by atoms with Crippen molar-refractivity contribution in [1.82, 2.24) is 46.3 Å². The largest absolute Gasteiger partial charge is 0.469 e. The summed E-state index contributed by atoms with van der Waals surface area (Å²) in [5.74, 6) is -3.47. The van der Waals surface area contributed by atoms with Gasteiger partial charge >= 0.3 is 23.9 Å². The predicted molar refractivity (Wildman–Crippen MR) is 299 cm³/mol. The minimum absolute atomic E-state index is 0.0579. The second-order valence-corrected chi connectivity index (χ2v) is 19.3. The van der Waals surface area contributed by atoms with Gasteiger partial charge in [0.1, 0.15) is 0 Å². The number of ether oxygens (including phenoxy) is 4. The fourth-order valence-corrected chi connectivity index (χ4v) is 9.54. The van der Waals surface area contributed by atoms with Crippen molar-refractivity contribution in [2.45, 2.75) is 63.5 Å². The number of hydrogen-bond acceptors (Lipinski definition) is 20. The number of rotatable bonds is 35. The highest BCUT2D eigenvalue weighted by Gasteiger charge is 2.41. The maximum atomic E-state index is 13.9. The van der Waals surface area contributed by atoms with Crippen LogP contribution in [0.25, 0.3) is 27.5 Å². The van der Waals surface area contributed by atoms with Crippen LogP contribution in [0, 0.1) is 0 Å². The van der Waals surface area contributed by atoms with Crippen molar-refractivity contribution >= 4 is 92.5 Å². The summed E-state index contributed by atoms with van der Waals surface area (Å²) in [6, 6.07) is 18.8. The van der Waals surface area contributed by atoms with E-state index in [-0.39, 0.29) is 98.9 Å². The zero-order valence-corrected chi connectivity index (χ0v) is 46.5. The number of anilines is 2. The number of methoxy groups -OCH3 is 4. The average Bonchev–Trinajstić information content (AvgIpc) is 4.22. The SMILES string of the molecule is COC(=O)CCN(CCNC(=O)CCNCCNC1CC(=O)N(c2ccc3c(c2)c2cc(N4C(=O)CC(NCCNCCC(=O)NCCN(CCC(=O)OC)CCC(=O)OC)C4=O)ccc2n3-c2ccccc2)C1=O)CCC(=O)OC. The monoisotopic (exact) mass is 1130 g/mol. The molecule has 2 atom stereocenters. The van der Waals surface area contributed by atoms with Gasteiger partial charge in [-0.05, 0) is 48.5 Å². The van der Waals surface area contributed by atoms with E-state index >= 15 is 0 Å². The lowest BCUT2D eigenvalue weighted by atomic mass is 10.1. The molecule has 438 valence electrons. The van der Waals surface area contributed by atoms with Gasteiger partial charge in [0, 0.05) is 121 Å². The molecule has 3 aromatic carbocycles. The third-order valence-electron chi connectivity index (χ3n) is 13.9. The van der Waals surface area contributed by atoms with E-state index in [0.717, 1.165) is 16.7 Å². The number of carbonyl (C=O) groups excluding carboxylic acids is 10. The van der Waals surface area contributed by atoms with Crippen LogP contribution in [0.3, 0.4) is 0 Å². The first-order valence-corrected chi connectivity index (χ1v) is 27.2. The summed E-state index contributed by atoms with van der Waals surface area (Å²) in [4.78, 5) is 133. The molecule has 2 saturated heterocycles. The van der Waals surface area contributed by atoms with Crippen LogP contribution in [-0.4, -0.2) is 206 Å². The molecule has 2 unspecified atom stereocenters. The Balaban J connectivity index is 0.992. The van der Waals surface area contributed by atoms with Gasteiger partial charge in [-0.3, -0.25) is 47.9 Å². The molecule has 25 heteroatoms. The fraction of sp³-hybridized carbons (Fsp3) is 0.500. The molecule has 2 aliphatic heterocycles. The van der Waals surface area contributed by atoms with Gasteiger partial charge in [0.05, 0.1) is 101 Å². The summed E-state index contributed by atoms with van der Waals surface area (Å²) in [5, 5.41) is 19.8. The van der Waals surface area contributed by atoms with E-state index in [4.69, 9.17) is 18.9 Å². The lowest BCUT2D eigenvalue weighted by Gasteiger charge is -2.21. The fourth-order valence-electron chi connectivity index (χ4n) is 9.54. The lowest BCUT2D eigenvalue weighted by Crippen LogP contribution is -2.42. The molecule has 1 aromatic heterocycles. The van der Waals surface area contributed by atoms with E-state index < -0.39 is 23.9 Å². The molecule has 0 aliphatic carbocycles. The van der Waals surface area contributed by atoms with E-state index in [1.54, 1.807) is 24.3 Å². The van der Waals surface area contributed by atoms with Crippen LogP contribution in [0.2, 0.25) is 0 Å². The molecule has 25 nitrogen and oxygen atoms in total. The molecular weight excluding hydrogens is 1050 g/mol. The van der Waals surface area contributed by atoms with Crippen LogP contribution in [0.4, 0.5) is 11.4 Å². The zero-order valence-electron chi connectivity index (χ0n) is 46.5. The molecule has 0 bridgehead atoms. The summed E-state index contributed by atoms with van der Waals surface area (Å²) in [7, 11) is 5.22. The summed E-state index contributed by atoms with van der Waals surface area (Å²) in [5.41, 5.74) is 3.14. The molecule has 6 amide bonds. The van der Waals surface area contributed by atoms with Crippen molar-refractivity contribution in [3.63, 3.8) is 0 Å². The highest BCUT2D eigenvalue weighted by atomic mass is 16.5. The third-order valence-corrected chi connectivity index (χ3v) is 13.9. The van der Waals surface area contributed by atoms with E-state index in [0.29, 0.717) is 114 Å². The maximum absolute atomic E-state index is 13.9. The van der Waals surface area contributed by atoms with Crippen molar-refractivity contribution in [2.75, 3.05) is 130 Å². The molecule has 6 N–H and O–H groups in total. The number of nitrogens with zero attached hydrogens (tertiary/aromatic N) is 5. The van der Waals surface area contributed by atoms with E-state index in [1.807, 2.05) is 56.8 Å². The second-order valence-electron chi connectivity index (χ2n) is 19.3. The Morgan fingerprint density at radius 3 is 1.21 bits per heavy atom. The average molecular weight is 1130 g/mol. The molecule has 0 spiro atoms. The number of nitrogens with one attached hydrogen (secondary N) is 6. The first kappa shape index (κ1) is 62.5. The molecular formula is C56H75N11O14. The van der Waals surface area contributed by atoms with Crippen LogP contribution in [0.5, 0.6) is 0 Å². The van der Waals surface area contributed by atoms with E-state index in [2.05, 4.69) is 31.9 Å². The van der Waals surface area contributed by atoms with Gasteiger partial charge in [0.25, 0.3) is 11.8 Å². The highest BCUT2D eigenvalue weighted by Crippen LogP contribution is 2.38. The van der Waals surface area contributed by atoms with Gasteiger partial charge in [0.15, 0.2) is 0 Å². The number of amides is 6. The van der Waals surface area contributed by atoms with Crippen molar-refractivity contribution < 1.29 is 66.9 Å². The minimum Gasteiger partial charge on any atom is -0.469 e. The van der Waals surface area contributed by atoms with Gasteiger partial charge in [0.2, 0.25) is 23.6 Å². The molecule has 0 saturated carbocycles. The van der Waals surface area contributed by atoms with Crippen LogP contribution in [0.1, 0.15) is 51.4 Å². The number of fused-ring (bicyclic) bond motifs is 3. The summed E-state index contributed by atoms with van der Waals surface area (Å²) in [6.07, 6.45) is 0.827. The molecule has 2 aliphatic rings. The van der Waals surface area contributed by atoms with E-state index in [1.165, 1.54) is 38.2 Å². The standard InChI is InChI=1S/C56H75N11O14/c1-78-51(72)16-28-63(29-17-52(73)79-2)32-26-61-47(68)14-20-57-22-24-59-43-36-49(70)66(55(43)76)39-10-12-45-41(34-39)42-35-40(11-13-46(42)65(45)38-8-6-5-7-9-38)67-50(71)37-44(56(67)77)60-25-23-58-21-15-48(69)62-27-33-64(30-18-53(74)80-3)31-19-54(75)81-4/h5-13,34-35,43-44,57-60H,14-33,36-37H2,1-4H3,(H,61,68)(H,62,69). The molecule has 6 rings (SSSR count). The first-order chi connectivity index (χ1) is 39.1. The third kappa shape index (κ3) is 18.2. The summed E-state index contributed by atoms with van der Waals surface area (Å²) < 4.78 is 20.9. The summed E-state index contributed by atoms with van der Waals surface area (Å²) >= 11 is 0. The van der Waals surface area contributed by atoms with E-state index in [9.17, 15) is 47.9 Å². The Morgan fingerprint density at radius 1 is 0.457 bits per heavy atom. The highest BCUT2D eigenvalue weighted by molar-refractivity contribution is 6.25. The quantitative estimate of drug-likeness (QED) is 0.0156. The maximum Gasteiger partial charge on any atom is 0.306 e. The van der Waals surface area contributed by atoms with Gasteiger partial charge in [-0.2, -0.15) is 0 Å². The van der Waals surface area contributed by atoms with Crippen LogP contribution < -0.4 is 41.7 Å². The van der Waals surface area contributed by atoms with Gasteiger partial charge in [-0.15, -0.1) is 0 Å². The normalized spacial score (nSPS) is 15.3. The van der Waals surface area contributed by atoms with Gasteiger partial charge in [-0.25, -0.2) is 9.80 Å². The number of para-hydroxylation sites is 1. The van der Waals surface area contributed by atoms with Gasteiger partial charge in [-0.1, -0.05) is 18.2 Å². The number of aromatic nitrogens is 1. The first-order valence-electron chi connectivity index (χ1n) is 27.2. The van der Waals surface area contributed by atoms with Crippen molar-refractivity contribution in [3.05, 3.63) is 66.7 Å². The van der Waals surface area contributed by atoms with Gasteiger partial charge < -0.3 is 65.2 Å². The Kier molecular flexibility index (Phi) is 24.7. The smallest absolute Gasteiger partial charge is 0.306 e. The topological polar surface area (TPSA) is 298 Å². The Bertz CT molecular complexity index is 2650. The number of benzene rings is 3. The molecule has 4 aromatic rings. The molecule has 0 radical (unpaired) electrons. The molecule has 81 heavy (non-hydrogen) atoms. The molecule has 3 heterocycles. The Morgan fingerprint density at radius 2 is 0.840 bits per heavy atom. The van der Waals surface area contributed by atoms with Crippen LogP contribution in [-0.2, 0) is 66.9 Å². The number of hydrogen-bond donors (Lipinski definition) is 6. The molecule has 2 fully saturated rings. The van der Waals surface area contributed by atoms with Crippen molar-refractivity contribution in [1.29, 1.82) is 0 Å². The Labute approximate surface area is 470 Å². The van der Waals surface area contributed by atoms with Crippen LogP contribution >= 0.6 is 0 Å². The predicted octanol–water partition coefficient (Wildman–Crippen LogP) is 0.275. The van der Waals surface area contributed by atoms with Crippen molar-refractivity contribution in [3.8, 4) is 5.69 Å². The minimum atomic E-state index is -0.777. The second kappa shape index (κ2) is 31.9. The number of carbonyl (C=O) groups is 10. The van der Waals surface area contributed by atoms with Crippen molar-refractivity contribution in [2.24, 2.45) is 0 Å². The number of esters is 4. The van der Waals surface area contributed by atoms with Crippen LogP contribution in [0.15, 0.2) is 66.7 Å². The lowest BCUT2D eigenvalue weighted by molar-refractivity contribution is -0.142. The zero-order chi connectivity index (χ0) is 58.3.